The molecular weight excluding hydrogens is 226 g/mol. The fourth-order valence-electron chi connectivity index (χ4n) is 1.84. The number of para-hydroxylation sites is 1. The quantitative estimate of drug-likeness (QED) is 0.809. The maximum Gasteiger partial charge on any atom is 0.169 e. The summed E-state index contributed by atoms with van der Waals surface area (Å²) in [5.41, 5.74) is 2.41. The van der Waals surface area contributed by atoms with Gasteiger partial charge in [-0.1, -0.05) is 24.3 Å². The van der Waals surface area contributed by atoms with Crippen LogP contribution in [0.1, 0.15) is 15.9 Å². The van der Waals surface area contributed by atoms with Crippen molar-refractivity contribution in [3.05, 3.63) is 59.7 Å². The van der Waals surface area contributed by atoms with Gasteiger partial charge in [-0.3, -0.25) is 4.79 Å². The molecule has 0 aliphatic heterocycles. The summed E-state index contributed by atoms with van der Waals surface area (Å²) in [6.45, 7) is 0. The van der Waals surface area contributed by atoms with Gasteiger partial charge in [-0.05, 0) is 29.8 Å². The third-order valence-electron chi connectivity index (χ3n) is 2.80. The molecule has 0 spiro atoms. The van der Waals surface area contributed by atoms with Crippen LogP contribution in [0.2, 0.25) is 0 Å². The molecule has 18 heavy (non-hydrogen) atoms. The lowest BCUT2D eigenvalue weighted by Crippen LogP contribution is -2.06. The van der Waals surface area contributed by atoms with Crippen LogP contribution in [0.15, 0.2) is 48.5 Å². The van der Waals surface area contributed by atoms with Gasteiger partial charge in [0.15, 0.2) is 5.78 Å². The average molecular weight is 241 g/mol. The first-order valence-corrected chi connectivity index (χ1v) is 5.78. The zero-order chi connectivity index (χ0) is 13.0. The molecule has 0 atom stereocenters. The molecule has 2 rings (SSSR count). The molecule has 0 bridgehead atoms. The second-order valence-corrected chi connectivity index (χ2v) is 4.06. The minimum atomic E-state index is 0.0608. The Morgan fingerprint density at radius 2 is 1.78 bits per heavy atom. The number of carbonyl (C=O) groups is 1. The second kappa shape index (κ2) is 5.36. The Morgan fingerprint density at radius 3 is 2.44 bits per heavy atom. The highest BCUT2D eigenvalue weighted by molar-refractivity contribution is 6.02. The molecule has 0 radical (unpaired) electrons. The molecule has 0 heterocycles. The van der Waals surface area contributed by atoms with Crippen molar-refractivity contribution in [2.75, 3.05) is 12.4 Å². The minimum Gasteiger partial charge on any atom is -0.508 e. The summed E-state index contributed by atoms with van der Waals surface area (Å²) in [6, 6.07) is 14.1. The number of hydrogen-bond donors (Lipinski definition) is 2. The number of anilines is 1. The Labute approximate surface area is 106 Å². The Bertz CT molecular complexity index is 547. The lowest BCUT2D eigenvalue weighted by molar-refractivity contribution is 0.0993. The van der Waals surface area contributed by atoms with Crippen LogP contribution in [-0.4, -0.2) is 17.9 Å². The number of benzene rings is 2. The number of ketones is 1. The van der Waals surface area contributed by atoms with E-state index < -0.39 is 0 Å². The molecule has 0 unspecified atom stereocenters. The Balaban J connectivity index is 2.19. The average Bonchev–Trinajstić information content (AvgIpc) is 2.41. The molecule has 2 aromatic rings. The van der Waals surface area contributed by atoms with E-state index in [1.165, 1.54) is 0 Å². The predicted molar refractivity (Wildman–Crippen MR) is 72.1 cm³/mol. The van der Waals surface area contributed by atoms with E-state index in [1.54, 1.807) is 31.3 Å². The van der Waals surface area contributed by atoms with E-state index in [0.717, 1.165) is 11.3 Å². The number of nitrogens with one attached hydrogen (secondary N) is 1. The van der Waals surface area contributed by atoms with Crippen LogP contribution < -0.4 is 5.32 Å². The molecule has 0 amide bonds. The molecular formula is C15H15NO2. The van der Waals surface area contributed by atoms with Crippen LogP contribution >= 0.6 is 0 Å². The molecule has 0 aliphatic rings. The fraction of sp³-hybridized carbons (Fsp3) is 0.133. The van der Waals surface area contributed by atoms with Crippen LogP contribution in [0.4, 0.5) is 5.69 Å². The van der Waals surface area contributed by atoms with Crippen LogP contribution in [0.5, 0.6) is 5.75 Å². The van der Waals surface area contributed by atoms with E-state index in [4.69, 9.17) is 0 Å². The number of aromatic hydroxyl groups is 1. The predicted octanol–water partition coefficient (Wildman–Crippen LogP) is 2.86. The van der Waals surface area contributed by atoms with Gasteiger partial charge in [-0.25, -0.2) is 0 Å². The highest BCUT2D eigenvalue weighted by Crippen LogP contribution is 2.18. The van der Waals surface area contributed by atoms with Crippen molar-refractivity contribution in [3.8, 4) is 5.75 Å². The normalized spacial score (nSPS) is 10.1. The van der Waals surface area contributed by atoms with E-state index in [0.29, 0.717) is 12.0 Å². The maximum absolute atomic E-state index is 12.2. The van der Waals surface area contributed by atoms with Crippen LogP contribution in [0.25, 0.3) is 0 Å². The number of hydrogen-bond acceptors (Lipinski definition) is 3. The summed E-state index contributed by atoms with van der Waals surface area (Å²) in [5.74, 6) is 0.271. The van der Waals surface area contributed by atoms with Crippen molar-refractivity contribution in [2.45, 2.75) is 6.42 Å². The van der Waals surface area contributed by atoms with Crippen molar-refractivity contribution in [1.82, 2.24) is 0 Å². The monoisotopic (exact) mass is 241 g/mol. The van der Waals surface area contributed by atoms with Crippen molar-refractivity contribution < 1.29 is 9.90 Å². The minimum absolute atomic E-state index is 0.0608. The Kier molecular flexibility index (Phi) is 3.63. The van der Waals surface area contributed by atoms with E-state index in [2.05, 4.69) is 5.32 Å². The molecule has 0 fully saturated rings. The lowest BCUT2D eigenvalue weighted by atomic mass is 10.0. The van der Waals surface area contributed by atoms with E-state index in [-0.39, 0.29) is 11.5 Å². The third-order valence-corrected chi connectivity index (χ3v) is 2.80. The van der Waals surface area contributed by atoms with E-state index in [1.807, 2.05) is 24.3 Å². The number of carbonyl (C=O) groups excluding carboxylic acids is 1. The number of phenolic OH excluding ortho intramolecular Hbond substituents is 1. The van der Waals surface area contributed by atoms with Gasteiger partial charge in [0, 0.05) is 24.7 Å². The largest absolute Gasteiger partial charge is 0.508 e. The molecule has 2 N–H and O–H groups in total. The SMILES string of the molecule is CNc1ccccc1C(=O)Cc1ccc(O)cc1. The first-order valence-electron chi connectivity index (χ1n) is 5.78. The summed E-state index contributed by atoms with van der Waals surface area (Å²) >= 11 is 0. The first-order chi connectivity index (χ1) is 8.70. The topological polar surface area (TPSA) is 49.3 Å². The Morgan fingerprint density at radius 1 is 1.11 bits per heavy atom. The van der Waals surface area contributed by atoms with Crippen molar-refractivity contribution >= 4 is 11.5 Å². The van der Waals surface area contributed by atoms with Gasteiger partial charge in [0.1, 0.15) is 5.75 Å². The fourth-order valence-corrected chi connectivity index (χ4v) is 1.84. The van der Waals surface area contributed by atoms with Crippen LogP contribution in [0.3, 0.4) is 0 Å². The van der Waals surface area contributed by atoms with Gasteiger partial charge in [0.2, 0.25) is 0 Å². The van der Waals surface area contributed by atoms with Gasteiger partial charge < -0.3 is 10.4 Å². The molecule has 0 saturated heterocycles. The van der Waals surface area contributed by atoms with Gasteiger partial charge in [-0.2, -0.15) is 0 Å². The highest BCUT2D eigenvalue weighted by atomic mass is 16.3. The number of Topliss-reactive ketones (excluding diaryl/α,β-unsaturated/α-hetero) is 1. The van der Waals surface area contributed by atoms with E-state index in [9.17, 15) is 9.90 Å². The molecule has 3 nitrogen and oxygen atoms in total. The van der Waals surface area contributed by atoms with Gasteiger partial charge in [0.25, 0.3) is 0 Å². The van der Waals surface area contributed by atoms with E-state index >= 15 is 0 Å². The molecule has 2 aromatic carbocycles. The molecule has 3 heteroatoms. The summed E-state index contributed by atoms with van der Waals surface area (Å²) in [5, 5.41) is 12.2. The molecule has 92 valence electrons. The summed E-state index contributed by atoms with van der Waals surface area (Å²) < 4.78 is 0. The van der Waals surface area contributed by atoms with Gasteiger partial charge in [0.05, 0.1) is 0 Å². The molecule has 0 saturated carbocycles. The summed E-state index contributed by atoms with van der Waals surface area (Å²) in [7, 11) is 1.80. The van der Waals surface area contributed by atoms with Crippen molar-refractivity contribution in [3.63, 3.8) is 0 Å². The summed E-state index contributed by atoms with van der Waals surface area (Å²) in [4.78, 5) is 12.2. The molecule has 0 aromatic heterocycles. The number of rotatable bonds is 4. The smallest absolute Gasteiger partial charge is 0.169 e. The Hall–Kier alpha value is -2.29. The standard InChI is InChI=1S/C15H15NO2/c1-16-14-5-3-2-4-13(14)15(18)10-11-6-8-12(17)9-7-11/h2-9,16-17H,10H2,1H3. The maximum atomic E-state index is 12.2. The van der Waals surface area contributed by atoms with Crippen molar-refractivity contribution in [1.29, 1.82) is 0 Å². The molecule has 0 aliphatic carbocycles. The first kappa shape index (κ1) is 12.2. The van der Waals surface area contributed by atoms with Crippen LogP contribution in [0, 0.1) is 0 Å². The van der Waals surface area contributed by atoms with Gasteiger partial charge >= 0.3 is 0 Å². The third kappa shape index (κ3) is 2.69. The zero-order valence-corrected chi connectivity index (χ0v) is 10.2. The summed E-state index contributed by atoms with van der Waals surface area (Å²) in [6.07, 6.45) is 0.332. The second-order valence-electron chi connectivity index (χ2n) is 4.06. The van der Waals surface area contributed by atoms with Crippen LogP contribution in [-0.2, 0) is 6.42 Å². The zero-order valence-electron chi connectivity index (χ0n) is 10.2. The van der Waals surface area contributed by atoms with Gasteiger partial charge in [-0.15, -0.1) is 0 Å². The lowest BCUT2D eigenvalue weighted by Gasteiger charge is -2.07. The highest BCUT2D eigenvalue weighted by Gasteiger charge is 2.10. The number of phenols is 1. The van der Waals surface area contributed by atoms with Crippen molar-refractivity contribution in [2.24, 2.45) is 0 Å².